The van der Waals surface area contributed by atoms with Crippen LogP contribution in [0, 0.1) is 5.92 Å². The number of benzene rings is 1. The van der Waals surface area contributed by atoms with E-state index in [-0.39, 0.29) is 17.9 Å². The molecule has 172 valence electrons. The van der Waals surface area contributed by atoms with Crippen LogP contribution in [0.3, 0.4) is 0 Å². The van der Waals surface area contributed by atoms with Crippen molar-refractivity contribution in [3.63, 3.8) is 0 Å². The molecule has 2 aliphatic heterocycles. The van der Waals surface area contributed by atoms with E-state index in [2.05, 4.69) is 12.0 Å². The molecule has 7 heteroatoms. The lowest BCUT2D eigenvalue weighted by molar-refractivity contribution is -0.135. The summed E-state index contributed by atoms with van der Waals surface area (Å²) >= 11 is 0. The Morgan fingerprint density at radius 3 is 2.75 bits per heavy atom. The highest BCUT2D eigenvalue weighted by molar-refractivity contribution is 5.93. The minimum Gasteiger partial charge on any atom is -0.493 e. The second-order valence-corrected chi connectivity index (χ2v) is 8.90. The zero-order valence-electron chi connectivity index (χ0n) is 19.2. The number of hydrogen-bond donors (Lipinski definition) is 0. The second kappa shape index (κ2) is 10.2. The Kier molecular flexibility index (Phi) is 7.12. The molecule has 2 atom stereocenters. The molecule has 0 radical (unpaired) electrons. The first-order valence-electron chi connectivity index (χ1n) is 11.9. The minimum atomic E-state index is 0.0769. The Hall–Kier alpha value is -2.83. The van der Waals surface area contributed by atoms with Crippen LogP contribution in [0.15, 0.2) is 36.4 Å². The van der Waals surface area contributed by atoms with Crippen LogP contribution in [-0.4, -0.2) is 63.7 Å². The molecule has 3 heterocycles. The van der Waals surface area contributed by atoms with Crippen LogP contribution in [0.4, 0.5) is 0 Å². The van der Waals surface area contributed by atoms with Crippen LogP contribution in [0.1, 0.15) is 55.2 Å². The third kappa shape index (κ3) is 4.97. The van der Waals surface area contributed by atoms with Gasteiger partial charge in [0.25, 0.3) is 5.91 Å². The number of amides is 2. The lowest BCUT2D eigenvalue weighted by Gasteiger charge is -2.47. The van der Waals surface area contributed by atoms with E-state index in [9.17, 15) is 9.59 Å². The molecule has 0 bridgehead atoms. The molecule has 7 nitrogen and oxygen atoms in total. The Morgan fingerprint density at radius 2 is 1.97 bits per heavy atom. The van der Waals surface area contributed by atoms with E-state index in [0.29, 0.717) is 31.2 Å². The van der Waals surface area contributed by atoms with Crippen molar-refractivity contribution < 1.29 is 14.3 Å². The highest BCUT2D eigenvalue weighted by atomic mass is 16.5. The first kappa shape index (κ1) is 22.4. The summed E-state index contributed by atoms with van der Waals surface area (Å²) in [5.41, 5.74) is 1.65. The number of hydrogen-bond acceptors (Lipinski definition) is 4. The van der Waals surface area contributed by atoms with Gasteiger partial charge in [0.15, 0.2) is 0 Å². The number of para-hydroxylation sites is 1. The summed E-state index contributed by atoms with van der Waals surface area (Å²) in [4.78, 5) is 30.1. The fraction of sp³-hybridized carbons (Fsp3) is 0.560. The average molecular weight is 439 g/mol. The maximum Gasteiger partial charge on any atom is 0.272 e. The molecule has 1 aromatic heterocycles. The summed E-state index contributed by atoms with van der Waals surface area (Å²) in [6.45, 7) is 4.72. The van der Waals surface area contributed by atoms with Crippen molar-refractivity contribution in [1.29, 1.82) is 0 Å². The third-order valence-corrected chi connectivity index (χ3v) is 6.67. The molecule has 2 aliphatic rings. The summed E-state index contributed by atoms with van der Waals surface area (Å²) in [5, 5.41) is 4.51. The van der Waals surface area contributed by atoms with Crippen molar-refractivity contribution in [3.8, 4) is 5.75 Å². The molecule has 0 N–H and O–H groups in total. The number of ether oxygens (including phenoxy) is 1. The van der Waals surface area contributed by atoms with Gasteiger partial charge >= 0.3 is 0 Å². The summed E-state index contributed by atoms with van der Waals surface area (Å²) in [6.07, 6.45) is 5.15. The Labute approximate surface area is 190 Å². The first-order chi connectivity index (χ1) is 15.6. The fourth-order valence-corrected chi connectivity index (χ4v) is 5.07. The van der Waals surface area contributed by atoms with E-state index >= 15 is 0 Å². The standard InChI is InChI=1S/C25H34N4O3/c1-3-8-20-17-23(27(2)26-20)25(31)29-14-7-9-19-18-28(15-12-22(19)29)24(30)13-16-32-21-10-5-4-6-11-21/h4-6,10-11,17,19,22H,3,7-9,12-16,18H2,1-2H3/t19-,22+/m1/s1. The SMILES string of the molecule is CCCc1cc(C(=O)N2CCC[C@@H]3CN(C(=O)CCOc4ccccc4)CC[C@@H]32)n(C)n1. The number of carbonyl (C=O) groups is 2. The van der Waals surface area contributed by atoms with Crippen molar-refractivity contribution in [1.82, 2.24) is 19.6 Å². The summed E-state index contributed by atoms with van der Waals surface area (Å²) < 4.78 is 7.42. The van der Waals surface area contributed by atoms with Gasteiger partial charge < -0.3 is 14.5 Å². The van der Waals surface area contributed by atoms with Gasteiger partial charge in [-0.2, -0.15) is 5.10 Å². The van der Waals surface area contributed by atoms with E-state index in [1.807, 2.05) is 53.2 Å². The lowest BCUT2D eigenvalue weighted by atomic mass is 9.83. The number of carbonyl (C=O) groups excluding carboxylic acids is 2. The summed E-state index contributed by atoms with van der Waals surface area (Å²) in [7, 11) is 1.85. The van der Waals surface area contributed by atoms with Gasteiger partial charge in [0.1, 0.15) is 11.4 Å². The predicted octanol–water partition coefficient (Wildman–Crippen LogP) is 3.29. The predicted molar refractivity (Wildman–Crippen MR) is 123 cm³/mol. The van der Waals surface area contributed by atoms with E-state index < -0.39 is 0 Å². The largest absolute Gasteiger partial charge is 0.493 e. The van der Waals surface area contributed by atoms with Crippen LogP contribution in [0.5, 0.6) is 5.75 Å². The van der Waals surface area contributed by atoms with Gasteiger partial charge in [-0.3, -0.25) is 14.3 Å². The molecule has 4 rings (SSSR count). The Bertz CT molecular complexity index is 927. The molecule has 32 heavy (non-hydrogen) atoms. The van der Waals surface area contributed by atoms with Crippen LogP contribution >= 0.6 is 0 Å². The van der Waals surface area contributed by atoms with Crippen molar-refractivity contribution >= 4 is 11.8 Å². The topological polar surface area (TPSA) is 67.7 Å². The van der Waals surface area contributed by atoms with Gasteiger partial charge in [0, 0.05) is 32.7 Å². The Balaban J connectivity index is 1.33. The summed E-state index contributed by atoms with van der Waals surface area (Å²) in [5.74, 6) is 1.34. The van der Waals surface area contributed by atoms with Crippen molar-refractivity contribution in [2.75, 3.05) is 26.2 Å². The van der Waals surface area contributed by atoms with Gasteiger partial charge in [0.2, 0.25) is 5.91 Å². The Morgan fingerprint density at radius 1 is 1.16 bits per heavy atom. The zero-order valence-corrected chi connectivity index (χ0v) is 19.2. The fourth-order valence-electron chi connectivity index (χ4n) is 5.07. The van der Waals surface area contributed by atoms with Crippen molar-refractivity contribution in [3.05, 3.63) is 47.8 Å². The molecule has 2 aromatic rings. The molecule has 2 saturated heterocycles. The lowest BCUT2D eigenvalue weighted by Crippen LogP contribution is -2.56. The average Bonchev–Trinajstić information content (AvgIpc) is 3.18. The number of likely N-dealkylation sites (tertiary alicyclic amines) is 2. The van der Waals surface area contributed by atoms with Crippen LogP contribution in [-0.2, 0) is 18.3 Å². The maximum atomic E-state index is 13.4. The highest BCUT2D eigenvalue weighted by Crippen LogP contribution is 2.32. The molecule has 0 spiro atoms. The molecule has 2 amide bonds. The molecular formula is C25H34N4O3. The monoisotopic (exact) mass is 438 g/mol. The zero-order chi connectivity index (χ0) is 22.5. The number of aryl methyl sites for hydroxylation is 2. The maximum absolute atomic E-state index is 13.4. The second-order valence-electron chi connectivity index (χ2n) is 8.90. The number of fused-ring (bicyclic) bond motifs is 1. The van der Waals surface area contributed by atoms with Crippen molar-refractivity contribution in [2.45, 2.75) is 51.5 Å². The van der Waals surface area contributed by atoms with Gasteiger partial charge in [-0.05, 0) is 49.8 Å². The van der Waals surface area contributed by atoms with Crippen LogP contribution < -0.4 is 4.74 Å². The molecule has 0 saturated carbocycles. The molecule has 0 unspecified atom stereocenters. The minimum absolute atomic E-state index is 0.0769. The number of rotatable bonds is 7. The van der Waals surface area contributed by atoms with Gasteiger partial charge in [0.05, 0.1) is 18.7 Å². The molecule has 2 fully saturated rings. The van der Waals surface area contributed by atoms with Gasteiger partial charge in [-0.15, -0.1) is 0 Å². The van der Waals surface area contributed by atoms with E-state index in [1.165, 1.54) is 0 Å². The van der Waals surface area contributed by atoms with Crippen LogP contribution in [0.25, 0.3) is 0 Å². The summed E-state index contributed by atoms with van der Waals surface area (Å²) in [6, 6.07) is 11.7. The van der Waals surface area contributed by atoms with Crippen LogP contribution in [0.2, 0.25) is 0 Å². The molecule has 1 aromatic carbocycles. The molecular weight excluding hydrogens is 404 g/mol. The molecule has 0 aliphatic carbocycles. The smallest absolute Gasteiger partial charge is 0.272 e. The van der Waals surface area contributed by atoms with Crippen molar-refractivity contribution in [2.24, 2.45) is 13.0 Å². The third-order valence-electron chi connectivity index (χ3n) is 6.67. The number of piperidine rings is 2. The first-order valence-corrected chi connectivity index (χ1v) is 11.9. The highest BCUT2D eigenvalue weighted by Gasteiger charge is 2.40. The normalized spacial score (nSPS) is 20.7. The quantitative estimate of drug-likeness (QED) is 0.665. The number of aromatic nitrogens is 2. The van der Waals surface area contributed by atoms with E-state index in [1.54, 1.807) is 4.68 Å². The van der Waals surface area contributed by atoms with Gasteiger partial charge in [-0.1, -0.05) is 31.5 Å². The van der Waals surface area contributed by atoms with Gasteiger partial charge in [-0.25, -0.2) is 0 Å². The number of nitrogens with zero attached hydrogens (tertiary/aromatic N) is 4. The van der Waals surface area contributed by atoms with E-state index in [0.717, 1.165) is 56.6 Å². The van der Waals surface area contributed by atoms with E-state index in [4.69, 9.17) is 4.74 Å².